The Morgan fingerprint density at radius 3 is 2.50 bits per heavy atom. The fourth-order valence-electron chi connectivity index (χ4n) is 3.64. The highest BCUT2D eigenvalue weighted by Crippen LogP contribution is 2.24. The van der Waals surface area contributed by atoms with Crippen LogP contribution in [-0.2, 0) is 14.3 Å². The molecule has 0 aliphatic carbocycles. The molecule has 0 aromatic rings. The van der Waals surface area contributed by atoms with E-state index in [9.17, 15) is 9.59 Å². The fourth-order valence-corrected chi connectivity index (χ4v) is 3.64. The second kappa shape index (κ2) is 8.19. The third-order valence-corrected chi connectivity index (χ3v) is 4.74. The molecule has 24 heavy (non-hydrogen) atoms. The van der Waals surface area contributed by atoms with E-state index < -0.39 is 5.60 Å². The van der Waals surface area contributed by atoms with Crippen molar-refractivity contribution >= 4 is 12.1 Å². The first kappa shape index (κ1) is 19.0. The summed E-state index contributed by atoms with van der Waals surface area (Å²) in [5.41, 5.74) is -0.441. The molecule has 1 amide bonds. The molecule has 6 nitrogen and oxygen atoms in total. The van der Waals surface area contributed by atoms with Crippen LogP contribution < -0.4 is 0 Å². The topological polar surface area (TPSA) is 59.1 Å². The minimum absolute atomic E-state index is 0.112. The highest BCUT2D eigenvalue weighted by atomic mass is 16.6. The summed E-state index contributed by atoms with van der Waals surface area (Å²) in [5.74, 6) is 0.780. The van der Waals surface area contributed by atoms with E-state index in [0.717, 1.165) is 52.0 Å². The van der Waals surface area contributed by atoms with Gasteiger partial charge in [0.25, 0.3) is 0 Å². The van der Waals surface area contributed by atoms with Gasteiger partial charge >= 0.3 is 12.1 Å². The number of ether oxygens (including phenoxy) is 2. The van der Waals surface area contributed by atoms with Crippen molar-refractivity contribution in [2.45, 2.75) is 52.1 Å². The first-order valence-electron chi connectivity index (χ1n) is 9.04. The van der Waals surface area contributed by atoms with Crippen LogP contribution in [0.15, 0.2) is 0 Å². The number of carbonyl (C=O) groups excluding carboxylic acids is 2. The molecule has 1 unspecified atom stereocenters. The molecule has 138 valence electrons. The monoisotopic (exact) mass is 340 g/mol. The lowest BCUT2D eigenvalue weighted by Crippen LogP contribution is -2.40. The molecule has 0 radical (unpaired) electrons. The zero-order valence-electron chi connectivity index (χ0n) is 15.5. The Bertz CT molecular complexity index is 447. The van der Waals surface area contributed by atoms with Crippen molar-refractivity contribution < 1.29 is 19.1 Å². The number of hydrogen-bond donors (Lipinski definition) is 0. The van der Waals surface area contributed by atoms with Gasteiger partial charge in [-0.2, -0.15) is 0 Å². The third kappa shape index (κ3) is 5.96. The number of nitrogens with zero attached hydrogens (tertiary/aromatic N) is 2. The van der Waals surface area contributed by atoms with Crippen molar-refractivity contribution in [2.24, 2.45) is 11.8 Å². The van der Waals surface area contributed by atoms with Crippen LogP contribution in [0, 0.1) is 11.8 Å². The quantitative estimate of drug-likeness (QED) is 0.736. The maximum atomic E-state index is 12.1. The normalized spacial score (nSPS) is 25.6. The molecule has 2 aliphatic heterocycles. The highest BCUT2D eigenvalue weighted by molar-refractivity contribution is 5.69. The Kier molecular flexibility index (Phi) is 6.49. The van der Waals surface area contributed by atoms with Crippen molar-refractivity contribution in [3.8, 4) is 0 Å². The summed E-state index contributed by atoms with van der Waals surface area (Å²) in [6.45, 7) is 10.3. The molecule has 6 heteroatoms. The highest BCUT2D eigenvalue weighted by Gasteiger charge is 2.32. The molecule has 0 N–H and O–H groups in total. The zero-order valence-corrected chi connectivity index (χ0v) is 15.5. The van der Waals surface area contributed by atoms with Crippen molar-refractivity contribution in [2.75, 3.05) is 39.8 Å². The average Bonchev–Trinajstić information content (AvgIpc) is 2.94. The van der Waals surface area contributed by atoms with Crippen LogP contribution in [-0.4, -0.2) is 67.3 Å². The van der Waals surface area contributed by atoms with E-state index in [1.165, 1.54) is 7.11 Å². The second-order valence-electron chi connectivity index (χ2n) is 8.13. The Labute approximate surface area is 145 Å². The number of esters is 1. The number of methoxy groups -OCH3 is 1. The molecular formula is C18H32N2O4. The van der Waals surface area contributed by atoms with Gasteiger partial charge in [0.1, 0.15) is 5.60 Å². The number of likely N-dealkylation sites (tertiary alicyclic amines) is 2. The Morgan fingerprint density at radius 2 is 1.83 bits per heavy atom. The SMILES string of the molecule is COC(=O)C[C@@H]1CCCN(CC2CCN(C(=O)OC(C)(C)C)C2)C1. The molecule has 2 heterocycles. The summed E-state index contributed by atoms with van der Waals surface area (Å²) in [6, 6.07) is 0. The van der Waals surface area contributed by atoms with E-state index in [0.29, 0.717) is 18.3 Å². The minimum atomic E-state index is -0.441. The molecule has 0 saturated carbocycles. The van der Waals surface area contributed by atoms with Gasteiger partial charge < -0.3 is 19.3 Å². The van der Waals surface area contributed by atoms with Crippen molar-refractivity contribution in [3.05, 3.63) is 0 Å². The van der Waals surface area contributed by atoms with E-state index in [-0.39, 0.29) is 12.1 Å². The van der Waals surface area contributed by atoms with Crippen molar-refractivity contribution in [1.82, 2.24) is 9.80 Å². The van der Waals surface area contributed by atoms with Gasteiger partial charge in [-0.1, -0.05) is 0 Å². The fraction of sp³-hybridized carbons (Fsp3) is 0.889. The van der Waals surface area contributed by atoms with Crippen LogP contribution in [0.3, 0.4) is 0 Å². The number of amides is 1. The van der Waals surface area contributed by atoms with E-state index >= 15 is 0 Å². The molecule has 0 bridgehead atoms. The minimum Gasteiger partial charge on any atom is -0.469 e. The van der Waals surface area contributed by atoms with Crippen LogP contribution >= 0.6 is 0 Å². The van der Waals surface area contributed by atoms with Gasteiger partial charge in [-0.15, -0.1) is 0 Å². The van der Waals surface area contributed by atoms with Crippen LogP contribution in [0.4, 0.5) is 4.79 Å². The van der Waals surface area contributed by atoms with Crippen LogP contribution in [0.5, 0.6) is 0 Å². The predicted octanol–water partition coefficient (Wildman–Crippen LogP) is 2.52. The summed E-state index contributed by atoms with van der Waals surface area (Å²) < 4.78 is 10.2. The molecule has 0 spiro atoms. The van der Waals surface area contributed by atoms with E-state index in [2.05, 4.69) is 4.90 Å². The lowest BCUT2D eigenvalue weighted by atomic mass is 9.94. The molecule has 0 aromatic heterocycles. The Hall–Kier alpha value is -1.30. The first-order valence-corrected chi connectivity index (χ1v) is 9.04. The zero-order chi connectivity index (χ0) is 17.7. The standard InChI is InChI=1S/C18H32N2O4/c1-18(2,3)24-17(22)20-9-7-15(13-20)12-19-8-5-6-14(11-19)10-16(21)23-4/h14-15H,5-13H2,1-4H3/t14-,15?/m0/s1. The Balaban J connectivity index is 1.76. The lowest BCUT2D eigenvalue weighted by Gasteiger charge is -2.33. The number of carbonyl (C=O) groups is 2. The van der Waals surface area contributed by atoms with Gasteiger partial charge in [-0.05, 0) is 58.4 Å². The number of piperidine rings is 1. The first-order chi connectivity index (χ1) is 11.3. The summed E-state index contributed by atoms with van der Waals surface area (Å²) >= 11 is 0. The molecule has 2 fully saturated rings. The summed E-state index contributed by atoms with van der Waals surface area (Å²) in [6.07, 6.45) is 3.57. The maximum absolute atomic E-state index is 12.1. The van der Waals surface area contributed by atoms with E-state index in [1.807, 2.05) is 25.7 Å². The number of hydrogen-bond acceptors (Lipinski definition) is 5. The predicted molar refractivity (Wildman–Crippen MR) is 91.7 cm³/mol. The lowest BCUT2D eigenvalue weighted by molar-refractivity contribution is -0.142. The Morgan fingerprint density at radius 1 is 1.08 bits per heavy atom. The summed E-state index contributed by atoms with van der Waals surface area (Å²) in [5, 5.41) is 0. The van der Waals surface area contributed by atoms with Gasteiger partial charge in [0.15, 0.2) is 0 Å². The molecule has 2 atom stereocenters. The van der Waals surface area contributed by atoms with Crippen molar-refractivity contribution in [1.29, 1.82) is 0 Å². The van der Waals surface area contributed by atoms with E-state index in [4.69, 9.17) is 9.47 Å². The third-order valence-electron chi connectivity index (χ3n) is 4.74. The second-order valence-corrected chi connectivity index (χ2v) is 8.13. The largest absolute Gasteiger partial charge is 0.469 e. The van der Waals surface area contributed by atoms with Crippen LogP contribution in [0.25, 0.3) is 0 Å². The van der Waals surface area contributed by atoms with E-state index in [1.54, 1.807) is 0 Å². The van der Waals surface area contributed by atoms with Gasteiger partial charge in [0, 0.05) is 32.6 Å². The average molecular weight is 340 g/mol. The van der Waals surface area contributed by atoms with Gasteiger partial charge in [-0.25, -0.2) is 4.79 Å². The van der Waals surface area contributed by atoms with Crippen LogP contribution in [0.2, 0.25) is 0 Å². The molecule has 0 aromatic carbocycles. The van der Waals surface area contributed by atoms with Gasteiger partial charge in [0.2, 0.25) is 0 Å². The van der Waals surface area contributed by atoms with Gasteiger partial charge in [-0.3, -0.25) is 4.79 Å². The molecule has 2 saturated heterocycles. The van der Waals surface area contributed by atoms with Crippen molar-refractivity contribution in [3.63, 3.8) is 0 Å². The molecular weight excluding hydrogens is 308 g/mol. The summed E-state index contributed by atoms with van der Waals surface area (Å²) in [4.78, 5) is 27.9. The molecule has 2 aliphatic rings. The number of rotatable bonds is 4. The molecule has 2 rings (SSSR count). The maximum Gasteiger partial charge on any atom is 0.410 e. The smallest absolute Gasteiger partial charge is 0.410 e. The van der Waals surface area contributed by atoms with Crippen LogP contribution in [0.1, 0.15) is 46.5 Å². The summed E-state index contributed by atoms with van der Waals surface area (Å²) in [7, 11) is 1.45. The van der Waals surface area contributed by atoms with Gasteiger partial charge in [0.05, 0.1) is 7.11 Å².